The van der Waals surface area contributed by atoms with Gasteiger partial charge in [0.2, 0.25) is 10.0 Å². The van der Waals surface area contributed by atoms with Gasteiger partial charge in [0.05, 0.1) is 5.25 Å². The molecule has 1 saturated heterocycles. The molecule has 1 aliphatic heterocycles. The predicted octanol–water partition coefficient (Wildman–Crippen LogP) is 0.997. The van der Waals surface area contributed by atoms with Crippen LogP contribution in [0.25, 0.3) is 0 Å². The van der Waals surface area contributed by atoms with Crippen molar-refractivity contribution in [1.29, 1.82) is 0 Å². The normalized spacial score (nSPS) is 22.0. The molecule has 0 bridgehead atoms. The van der Waals surface area contributed by atoms with Crippen LogP contribution in [-0.4, -0.2) is 48.7 Å². The minimum atomic E-state index is -3.35. The van der Waals surface area contributed by atoms with Gasteiger partial charge >= 0.3 is 0 Å². The number of aromatic hydroxyl groups is 1. The molecule has 1 aliphatic carbocycles. The van der Waals surface area contributed by atoms with Gasteiger partial charge in [-0.1, -0.05) is 0 Å². The SMILES string of the molecule is Cc1cc(O)ccc1C(=O)N1CC[C@H](S(=O)(=O)NC2CC2)C1. The number of nitrogens with one attached hydrogen (secondary N) is 1. The molecule has 2 aliphatic rings. The van der Waals surface area contributed by atoms with Crippen molar-refractivity contribution >= 4 is 15.9 Å². The maximum absolute atomic E-state index is 12.5. The van der Waals surface area contributed by atoms with Crippen molar-refractivity contribution in [3.63, 3.8) is 0 Å². The Morgan fingerprint density at radius 1 is 1.32 bits per heavy atom. The van der Waals surface area contributed by atoms with Crippen LogP contribution >= 0.6 is 0 Å². The first-order chi connectivity index (χ1) is 10.4. The van der Waals surface area contributed by atoms with Gasteiger partial charge in [0.25, 0.3) is 5.91 Å². The van der Waals surface area contributed by atoms with Crippen LogP contribution in [0.1, 0.15) is 35.2 Å². The highest BCUT2D eigenvalue weighted by atomic mass is 32.2. The molecule has 7 heteroatoms. The monoisotopic (exact) mass is 324 g/mol. The van der Waals surface area contributed by atoms with E-state index >= 15 is 0 Å². The Bertz CT molecular complexity index is 697. The van der Waals surface area contributed by atoms with Gasteiger partial charge in [0, 0.05) is 24.7 Å². The Balaban J connectivity index is 1.70. The van der Waals surface area contributed by atoms with E-state index < -0.39 is 15.3 Å². The summed E-state index contributed by atoms with van der Waals surface area (Å²) in [4.78, 5) is 14.1. The summed E-state index contributed by atoms with van der Waals surface area (Å²) in [5, 5.41) is 8.88. The lowest BCUT2D eigenvalue weighted by atomic mass is 10.1. The summed E-state index contributed by atoms with van der Waals surface area (Å²) >= 11 is 0. The second-order valence-electron chi connectivity index (χ2n) is 6.10. The molecule has 1 amide bonds. The van der Waals surface area contributed by atoms with Crippen molar-refractivity contribution in [2.45, 2.75) is 37.5 Å². The average molecular weight is 324 g/mol. The lowest BCUT2D eigenvalue weighted by molar-refractivity contribution is 0.0792. The molecule has 3 rings (SSSR count). The van der Waals surface area contributed by atoms with Crippen LogP contribution in [-0.2, 0) is 10.0 Å². The Kier molecular flexibility index (Phi) is 3.86. The van der Waals surface area contributed by atoms with Crippen molar-refractivity contribution < 1.29 is 18.3 Å². The highest BCUT2D eigenvalue weighted by Crippen LogP contribution is 2.25. The van der Waals surface area contributed by atoms with Gasteiger partial charge in [-0.25, -0.2) is 13.1 Å². The highest BCUT2D eigenvalue weighted by molar-refractivity contribution is 7.90. The van der Waals surface area contributed by atoms with Crippen LogP contribution < -0.4 is 4.72 Å². The minimum absolute atomic E-state index is 0.0918. The third-order valence-electron chi connectivity index (χ3n) is 4.22. The van der Waals surface area contributed by atoms with Crippen molar-refractivity contribution in [2.75, 3.05) is 13.1 Å². The number of phenolic OH excluding ortho intramolecular Hbond substituents is 1. The molecule has 1 atom stereocenters. The first-order valence-corrected chi connectivity index (χ1v) is 9.01. The largest absolute Gasteiger partial charge is 0.508 e. The van der Waals surface area contributed by atoms with Crippen LogP contribution in [0.15, 0.2) is 18.2 Å². The molecule has 2 N–H and O–H groups in total. The number of sulfonamides is 1. The first kappa shape index (κ1) is 15.3. The van der Waals surface area contributed by atoms with Crippen molar-refractivity contribution in [2.24, 2.45) is 0 Å². The number of rotatable bonds is 4. The van der Waals surface area contributed by atoms with Crippen LogP contribution in [0.2, 0.25) is 0 Å². The third kappa shape index (κ3) is 3.10. The summed E-state index contributed by atoms with van der Waals surface area (Å²) in [6, 6.07) is 4.68. The van der Waals surface area contributed by atoms with E-state index in [0.717, 1.165) is 12.8 Å². The van der Waals surface area contributed by atoms with E-state index in [0.29, 0.717) is 24.1 Å². The van der Waals surface area contributed by atoms with Crippen molar-refractivity contribution in [3.05, 3.63) is 29.3 Å². The molecule has 2 fully saturated rings. The molecule has 22 heavy (non-hydrogen) atoms. The fourth-order valence-corrected chi connectivity index (χ4v) is 4.44. The maximum atomic E-state index is 12.5. The second kappa shape index (κ2) is 5.55. The van der Waals surface area contributed by atoms with E-state index in [4.69, 9.17) is 0 Å². The fourth-order valence-electron chi connectivity index (χ4n) is 2.75. The van der Waals surface area contributed by atoms with E-state index in [1.54, 1.807) is 17.9 Å². The fraction of sp³-hybridized carbons (Fsp3) is 0.533. The molecular weight excluding hydrogens is 304 g/mol. The molecule has 1 saturated carbocycles. The van der Waals surface area contributed by atoms with Crippen LogP contribution in [0.5, 0.6) is 5.75 Å². The molecule has 120 valence electrons. The van der Waals surface area contributed by atoms with Gasteiger partial charge in [0.15, 0.2) is 0 Å². The van der Waals surface area contributed by atoms with Crippen LogP contribution in [0.3, 0.4) is 0 Å². The molecule has 1 heterocycles. The van der Waals surface area contributed by atoms with E-state index in [1.165, 1.54) is 12.1 Å². The van der Waals surface area contributed by atoms with Gasteiger partial charge < -0.3 is 10.0 Å². The number of carbonyl (C=O) groups is 1. The number of nitrogens with zero attached hydrogens (tertiary/aromatic N) is 1. The summed E-state index contributed by atoms with van der Waals surface area (Å²) in [5.41, 5.74) is 1.19. The van der Waals surface area contributed by atoms with Gasteiger partial charge in [-0.2, -0.15) is 0 Å². The van der Waals surface area contributed by atoms with Crippen LogP contribution in [0, 0.1) is 6.92 Å². The molecule has 6 nitrogen and oxygen atoms in total. The summed E-state index contributed by atoms with van der Waals surface area (Å²) in [7, 11) is -3.35. The smallest absolute Gasteiger partial charge is 0.254 e. The molecule has 0 unspecified atom stereocenters. The third-order valence-corrected chi connectivity index (χ3v) is 6.14. The van der Waals surface area contributed by atoms with E-state index in [-0.39, 0.29) is 24.2 Å². The number of carbonyl (C=O) groups excluding carboxylic acids is 1. The van der Waals surface area contributed by atoms with Gasteiger partial charge in [-0.05, 0) is 49.9 Å². The number of hydrogen-bond donors (Lipinski definition) is 2. The van der Waals surface area contributed by atoms with E-state index in [9.17, 15) is 18.3 Å². The number of aryl methyl sites for hydroxylation is 1. The zero-order chi connectivity index (χ0) is 15.9. The Morgan fingerprint density at radius 3 is 2.68 bits per heavy atom. The highest BCUT2D eigenvalue weighted by Gasteiger charge is 2.38. The number of phenols is 1. The number of amides is 1. The summed E-state index contributed by atoms with van der Waals surface area (Å²) in [6.45, 7) is 2.42. The molecule has 0 aromatic heterocycles. The van der Waals surface area contributed by atoms with Crippen LogP contribution in [0.4, 0.5) is 0 Å². The quantitative estimate of drug-likeness (QED) is 0.865. The predicted molar refractivity (Wildman–Crippen MR) is 82.2 cm³/mol. The zero-order valence-electron chi connectivity index (χ0n) is 12.4. The second-order valence-corrected chi connectivity index (χ2v) is 8.09. The molecule has 0 spiro atoms. The zero-order valence-corrected chi connectivity index (χ0v) is 13.3. The van der Waals surface area contributed by atoms with Crippen molar-refractivity contribution in [3.8, 4) is 5.75 Å². The lowest BCUT2D eigenvalue weighted by Gasteiger charge is -2.18. The average Bonchev–Trinajstić information content (AvgIpc) is 3.08. The van der Waals surface area contributed by atoms with Gasteiger partial charge in [0.1, 0.15) is 5.75 Å². The Morgan fingerprint density at radius 2 is 2.05 bits per heavy atom. The Labute approximate surface area is 130 Å². The van der Waals surface area contributed by atoms with Crippen molar-refractivity contribution in [1.82, 2.24) is 9.62 Å². The molecule has 0 radical (unpaired) electrons. The summed E-state index contributed by atoms with van der Waals surface area (Å²) < 4.78 is 27.1. The molecule has 1 aromatic rings. The maximum Gasteiger partial charge on any atom is 0.254 e. The molecule has 1 aromatic carbocycles. The van der Waals surface area contributed by atoms with Gasteiger partial charge in [-0.3, -0.25) is 4.79 Å². The standard InChI is InChI=1S/C15H20N2O4S/c1-10-8-12(18)4-5-14(10)15(19)17-7-6-13(9-17)22(20,21)16-11-2-3-11/h4-5,8,11,13,16,18H,2-3,6-7,9H2,1H3/t13-/m0/s1. The lowest BCUT2D eigenvalue weighted by Crippen LogP contribution is -2.38. The number of benzene rings is 1. The first-order valence-electron chi connectivity index (χ1n) is 7.47. The topological polar surface area (TPSA) is 86.7 Å². The summed E-state index contributed by atoms with van der Waals surface area (Å²) in [6.07, 6.45) is 2.27. The van der Waals surface area contributed by atoms with Gasteiger partial charge in [-0.15, -0.1) is 0 Å². The number of likely N-dealkylation sites (tertiary alicyclic amines) is 1. The summed E-state index contributed by atoms with van der Waals surface area (Å²) in [5.74, 6) is -0.0637. The molecular formula is C15H20N2O4S. The Hall–Kier alpha value is -1.60. The van der Waals surface area contributed by atoms with E-state index in [1.807, 2.05) is 0 Å². The minimum Gasteiger partial charge on any atom is -0.508 e. The number of hydrogen-bond acceptors (Lipinski definition) is 4. The van der Waals surface area contributed by atoms with E-state index in [2.05, 4.69) is 4.72 Å².